The number of ether oxygens (including phenoxy) is 1. The van der Waals surface area contributed by atoms with Crippen LogP contribution in [-0.2, 0) is 0 Å². The van der Waals surface area contributed by atoms with Crippen LogP contribution in [0.2, 0.25) is 0 Å². The van der Waals surface area contributed by atoms with Crippen LogP contribution >= 0.6 is 0 Å². The van der Waals surface area contributed by atoms with Crippen LogP contribution in [0.15, 0.2) is 24.3 Å². The SMILES string of the molecule is COc1ccc(C(=O)NC2CCC(C#N)CC2)cc1. The van der Waals surface area contributed by atoms with Crippen molar-refractivity contribution in [3.05, 3.63) is 29.8 Å². The molecule has 100 valence electrons. The number of carbonyl (C=O) groups excluding carboxylic acids is 1. The number of nitrogens with one attached hydrogen (secondary N) is 1. The molecule has 1 N–H and O–H groups in total. The second-order valence-electron chi connectivity index (χ2n) is 4.88. The third kappa shape index (κ3) is 3.47. The molecule has 4 heteroatoms. The maximum atomic E-state index is 12.0. The zero-order valence-corrected chi connectivity index (χ0v) is 11.1. The van der Waals surface area contributed by atoms with Crippen molar-refractivity contribution in [3.8, 4) is 11.8 Å². The zero-order chi connectivity index (χ0) is 13.7. The maximum absolute atomic E-state index is 12.0. The van der Waals surface area contributed by atoms with Gasteiger partial charge in [0.15, 0.2) is 0 Å². The Labute approximate surface area is 113 Å². The molecule has 1 fully saturated rings. The number of carbonyl (C=O) groups is 1. The van der Waals surface area contributed by atoms with E-state index in [0.29, 0.717) is 5.56 Å². The van der Waals surface area contributed by atoms with Gasteiger partial charge in [0, 0.05) is 17.5 Å². The fourth-order valence-corrected chi connectivity index (χ4v) is 2.38. The van der Waals surface area contributed by atoms with Crippen LogP contribution in [0.4, 0.5) is 0 Å². The lowest BCUT2D eigenvalue weighted by Crippen LogP contribution is -2.37. The molecule has 0 heterocycles. The third-order valence-corrected chi connectivity index (χ3v) is 3.60. The van der Waals surface area contributed by atoms with E-state index in [-0.39, 0.29) is 17.9 Å². The van der Waals surface area contributed by atoms with Gasteiger partial charge in [-0.05, 0) is 49.9 Å². The Hall–Kier alpha value is -2.02. The van der Waals surface area contributed by atoms with Crippen molar-refractivity contribution in [1.82, 2.24) is 5.32 Å². The van der Waals surface area contributed by atoms with E-state index in [1.807, 2.05) is 0 Å². The number of hydrogen-bond acceptors (Lipinski definition) is 3. The Bertz CT molecular complexity index is 468. The van der Waals surface area contributed by atoms with Crippen LogP contribution in [0.5, 0.6) is 5.75 Å². The minimum atomic E-state index is -0.0527. The summed E-state index contributed by atoms with van der Waals surface area (Å²) in [5, 5.41) is 11.9. The van der Waals surface area contributed by atoms with Crippen molar-refractivity contribution in [1.29, 1.82) is 5.26 Å². The lowest BCUT2D eigenvalue weighted by Gasteiger charge is -2.25. The summed E-state index contributed by atoms with van der Waals surface area (Å²) in [6.07, 6.45) is 3.54. The van der Waals surface area contributed by atoms with Crippen LogP contribution in [0.1, 0.15) is 36.0 Å². The van der Waals surface area contributed by atoms with Crippen LogP contribution < -0.4 is 10.1 Å². The molecule has 2 rings (SSSR count). The molecule has 0 aromatic heterocycles. The quantitative estimate of drug-likeness (QED) is 0.906. The van der Waals surface area contributed by atoms with E-state index in [4.69, 9.17) is 10.00 Å². The predicted molar refractivity (Wildman–Crippen MR) is 71.8 cm³/mol. The first-order valence-electron chi connectivity index (χ1n) is 6.57. The molecule has 1 aliphatic rings. The van der Waals surface area contributed by atoms with Gasteiger partial charge in [0.25, 0.3) is 5.91 Å². The molecule has 0 unspecified atom stereocenters. The molecule has 0 spiro atoms. The average Bonchev–Trinajstić information content (AvgIpc) is 2.48. The molecule has 1 aromatic rings. The van der Waals surface area contributed by atoms with Crippen LogP contribution in [0.3, 0.4) is 0 Å². The van der Waals surface area contributed by atoms with Crippen molar-refractivity contribution in [2.45, 2.75) is 31.7 Å². The van der Waals surface area contributed by atoms with Crippen molar-refractivity contribution in [2.24, 2.45) is 5.92 Å². The smallest absolute Gasteiger partial charge is 0.251 e. The molecule has 0 radical (unpaired) electrons. The van der Waals surface area contributed by atoms with Gasteiger partial charge in [0.1, 0.15) is 5.75 Å². The molecule has 0 aliphatic heterocycles. The van der Waals surface area contributed by atoms with Crippen molar-refractivity contribution in [3.63, 3.8) is 0 Å². The third-order valence-electron chi connectivity index (χ3n) is 3.60. The molecule has 1 saturated carbocycles. The minimum Gasteiger partial charge on any atom is -0.497 e. The number of rotatable bonds is 3. The Morgan fingerprint density at radius 2 is 1.89 bits per heavy atom. The Kier molecular flexibility index (Phi) is 4.40. The molecular weight excluding hydrogens is 240 g/mol. The molecule has 19 heavy (non-hydrogen) atoms. The number of nitriles is 1. The highest BCUT2D eigenvalue weighted by atomic mass is 16.5. The summed E-state index contributed by atoms with van der Waals surface area (Å²) in [6.45, 7) is 0. The van der Waals surface area contributed by atoms with Gasteiger partial charge < -0.3 is 10.1 Å². The Balaban J connectivity index is 1.89. The van der Waals surface area contributed by atoms with E-state index >= 15 is 0 Å². The van der Waals surface area contributed by atoms with E-state index in [1.165, 1.54) is 0 Å². The van der Waals surface area contributed by atoms with Gasteiger partial charge in [-0.1, -0.05) is 0 Å². The van der Waals surface area contributed by atoms with E-state index in [0.717, 1.165) is 31.4 Å². The Morgan fingerprint density at radius 1 is 1.26 bits per heavy atom. The van der Waals surface area contributed by atoms with Crippen LogP contribution in [0.25, 0.3) is 0 Å². The van der Waals surface area contributed by atoms with Gasteiger partial charge in [0.2, 0.25) is 0 Å². The maximum Gasteiger partial charge on any atom is 0.251 e. The molecule has 1 amide bonds. The van der Waals surface area contributed by atoms with Crippen molar-refractivity contribution >= 4 is 5.91 Å². The fraction of sp³-hybridized carbons (Fsp3) is 0.467. The van der Waals surface area contributed by atoms with E-state index in [1.54, 1.807) is 31.4 Å². The normalized spacial score (nSPS) is 22.3. The van der Waals surface area contributed by atoms with Gasteiger partial charge in [0.05, 0.1) is 13.2 Å². The molecular formula is C15H18N2O2. The number of amides is 1. The van der Waals surface area contributed by atoms with Crippen LogP contribution in [-0.4, -0.2) is 19.1 Å². The first-order valence-corrected chi connectivity index (χ1v) is 6.57. The summed E-state index contributed by atoms with van der Waals surface area (Å²) < 4.78 is 5.06. The number of hydrogen-bond donors (Lipinski definition) is 1. The molecule has 4 nitrogen and oxygen atoms in total. The van der Waals surface area contributed by atoms with Gasteiger partial charge >= 0.3 is 0 Å². The summed E-state index contributed by atoms with van der Waals surface area (Å²) >= 11 is 0. The summed E-state index contributed by atoms with van der Waals surface area (Å²) in [7, 11) is 1.60. The summed E-state index contributed by atoms with van der Waals surface area (Å²) in [6, 6.07) is 9.57. The second-order valence-corrected chi connectivity index (χ2v) is 4.88. The molecule has 0 atom stereocenters. The number of benzene rings is 1. The first kappa shape index (κ1) is 13.4. The lowest BCUT2D eigenvalue weighted by atomic mass is 9.87. The predicted octanol–water partition coefficient (Wildman–Crippen LogP) is 2.51. The van der Waals surface area contributed by atoms with Gasteiger partial charge in [-0.2, -0.15) is 5.26 Å². The van der Waals surface area contributed by atoms with Crippen LogP contribution in [0, 0.1) is 17.2 Å². The van der Waals surface area contributed by atoms with Gasteiger partial charge in [-0.3, -0.25) is 4.79 Å². The second kappa shape index (κ2) is 6.24. The van der Waals surface area contributed by atoms with Crippen molar-refractivity contribution < 1.29 is 9.53 Å². The average molecular weight is 258 g/mol. The monoisotopic (exact) mass is 258 g/mol. The summed E-state index contributed by atoms with van der Waals surface area (Å²) in [4.78, 5) is 12.0. The molecule has 1 aromatic carbocycles. The highest BCUT2D eigenvalue weighted by Gasteiger charge is 2.22. The van der Waals surface area contributed by atoms with Gasteiger partial charge in [-0.15, -0.1) is 0 Å². The first-order chi connectivity index (χ1) is 9.22. The minimum absolute atomic E-state index is 0.0527. The lowest BCUT2D eigenvalue weighted by molar-refractivity contribution is 0.0925. The van der Waals surface area contributed by atoms with E-state index < -0.39 is 0 Å². The summed E-state index contributed by atoms with van der Waals surface area (Å²) in [5.74, 6) is 0.850. The largest absolute Gasteiger partial charge is 0.497 e. The number of methoxy groups -OCH3 is 1. The zero-order valence-electron chi connectivity index (χ0n) is 11.1. The molecule has 0 saturated heterocycles. The summed E-state index contributed by atoms with van der Waals surface area (Å²) in [5.41, 5.74) is 0.642. The van der Waals surface area contributed by atoms with E-state index in [2.05, 4.69) is 11.4 Å². The highest BCUT2D eigenvalue weighted by molar-refractivity contribution is 5.94. The topological polar surface area (TPSA) is 62.1 Å². The highest BCUT2D eigenvalue weighted by Crippen LogP contribution is 2.23. The van der Waals surface area contributed by atoms with Gasteiger partial charge in [-0.25, -0.2) is 0 Å². The standard InChI is InChI=1S/C15H18N2O2/c1-19-14-8-4-12(5-9-14)15(18)17-13-6-2-11(10-16)3-7-13/h4-5,8-9,11,13H,2-3,6-7H2,1H3,(H,17,18). The molecule has 1 aliphatic carbocycles. The Morgan fingerprint density at radius 3 is 2.42 bits per heavy atom. The molecule has 0 bridgehead atoms. The fourth-order valence-electron chi connectivity index (χ4n) is 2.38. The van der Waals surface area contributed by atoms with E-state index in [9.17, 15) is 4.79 Å². The number of nitrogens with zero attached hydrogens (tertiary/aromatic N) is 1. The van der Waals surface area contributed by atoms with Crippen molar-refractivity contribution in [2.75, 3.05) is 7.11 Å².